The molecule has 2 heterocycles. The fraction of sp³-hybridized carbons (Fsp3) is 0.158. The molecule has 0 bridgehead atoms. The van der Waals surface area contributed by atoms with Crippen LogP contribution in [0.1, 0.15) is 32.1 Å². The van der Waals surface area contributed by atoms with Crippen LogP contribution < -0.4 is 15.4 Å². The van der Waals surface area contributed by atoms with Gasteiger partial charge in [-0.05, 0) is 30.6 Å². The summed E-state index contributed by atoms with van der Waals surface area (Å²) in [5.41, 5.74) is 0.159. The lowest BCUT2D eigenvalue weighted by Gasteiger charge is -2.14. The number of para-hydroxylation sites is 1. The van der Waals surface area contributed by atoms with E-state index in [9.17, 15) is 27.9 Å². The highest BCUT2D eigenvalue weighted by Crippen LogP contribution is 2.31. The first-order valence-corrected chi connectivity index (χ1v) is 10.4. The normalized spacial score (nSPS) is 11.2. The highest BCUT2D eigenvalue weighted by Gasteiger charge is 2.32. The molecule has 33 heavy (non-hydrogen) atoms. The molecule has 1 aromatic carbocycles. The summed E-state index contributed by atoms with van der Waals surface area (Å²) in [5, 5.41) is 14.0. The van der Waals surface area contributed by atoms with Gasteiger partial charge in [0.1, 0.15) is 16.4 Å². The van der Waals surface area contributed by atoms with Crippen molar-refractivity contribution < 1.29 is 32.6 Å². The lowest BCUT2D eigenvalue weighted by Crippen LogP contribution is -2.26. The number of hydrogen-bond donors (Lipinski definition) is 3. The number of amides is 2. The van der Waals surface area contributed by atoms with Crippen LogP contribution in [-0.4, -0.2) is 32.6 Å². The van der Waals surface area contributed by atoms with Crippen molar-refractivity contribution in [3.8, 4) is 11.5 Å². The molecule has 174 valence electrons. The number of alkyl halides is 3. The van der Waals surface area contributed by atoms with Gasteiger partial charge in [-0.25, -0.2) is 4.98 Å². The van der Waals surface area contributed by atoms with Gasteiger partial charge in [0.2, 0.25) is 0 Å². The van der Waals surface area contributed by atoms with E-state index in [-0.39, 0.29) is 44.2 Å². The number of aromatic nitrogens is 2. The lowest BCUT2D eigenvalue weighted by atomic mass is 10.2. The molecule has 14 heteroatoms. The second-order valence-corrected chi connectivity index (χ2v) is 7.93. The van der Waals surface area contributed by atoms with Crippen molar-refractivity contribution in [2.45, 2.75) is 19.8 Å². The minimum absolute atomic E-state index is 0.0125. The quantitative estimate of drug-likeness (QED) is 0.396. The topological polar surface area (TPSA) is 113 Å². The fourth-order valence-corrected chi connectivity index (χ4v) is 3.85. The van der Waals surface area contributed by atoms with Gasteiger partial charge in [-0.2, -0.15) is 4.37 Å². The number of aromatic hydroxyl groups is 1. The van der Waals surface area contributed by atoms with Crippen molar-refractivity contribution in [1.82, 2.24) is 14.7 Å². The van der Waals surface area contributed by atoms with Gasteiger partial charge in [-0.1, -0.05) is 41.4 Å². The monoisotopic (exact) mass is 520 g/mol. The van der Waals surface area contributed by atoms with Crippen molar-refractivity contribution in [1.29, 1.82) is 0 Å². The predicted octanol–water partition coefficient (Wildman–Crippen LogP) is 4.94. The molecule has 2 aromatic heterocycles. The number of anilines is 1. The van der Waals surface area contributed by atoms with Crippen molar-refractivity contribution in [2.75, 3.05) is 5.32 Å². The molecule has 3 aromatic rings. The number of nitrogens with one attached hydrogen (secondary N) is 2. The van der Waals surface area contributed by atoms with Crippen LogP contribution in [-0.2, 0) is 6.54 Å². The van der Waals surface area contributed by atoms with Crippen LogP contribution in [0.25, 0.3) is 0 Å². The Bertz CT molecular complexity index is 1200. The zero-order chi connectivity index (χ0) is 24.3. The average molecular weight is 521 g/mol. The minimum Gasteiger partial charge on any atom is -0.504 e. The molecule has 0 aliphatic heterocycles. The third kappa shape index (κ3) is 6.03. The van der Waals surface area contributed by atoms with Crippen molar-refractivity contribution >= 4 is 51.5 Å². The molecule has 8 nitrogen and oxygen atoms in total. The number of pyridine rings is 1. The van der Waals surface area contributed by atoms with Crippen LogP contribution >= 0.6 is 34.7 Å². The maximum absolute atomic E-state index is 12.7. The molecule has 0 aliphatic rings. The number of rotatable bonds is 6. The minimum atomic E-state index is -4.89. The van der Waals surface area contributed by atoms with E-state index in [1.807, 2.05) is 0 Å². The van der Waals surface area contributed by atoms with Crippen LogP contribution in [0.3, 0.4) is 0 Å². The van der Waals surface area contributed by atoms with Gasteiger partial charge in [0.25, 0.3) is 11.8 Å². The number of hydrogen-bond acceptors (Lipinski definition) is 7. The summed E-state index contributed by atoms with van der Waals surface area (Å²) in [6.07, 6.45) is -4.89. The number of carbonyl (C=O) groups is 2. The second-order valence-electron chi connectivity index (χ2n) is 6.39. The molecule has 3 N–H and O–H groups in total. The Hall–Kier alpha value is -3.09. The van der Waals surface area contributed by atoms with E-state index in [1.165, 1.54) is 25.1 Å². The summed E-state index contributed by atoms with van der Waals surface area (Å²) < 4.78 is 45.8. The summed E-state index contributed by atoms with van der Waals surface area (Å²) in [5.74, 6) is -2.40. The van der Waals surface area contributed by atoms with Gasteiger partial charge >= 0.3 is 6.36 Å². The SMILES string of the molecule is Cc1nsc(NC(=O)c2cc(Cl)c(O)c(Cl)n2)c1C(=O)NCc1ccccc1OC(F)(F)F. The van der Waals surface area contributed by atoms with Crippen molar-refractivity contribution in [3.05, 3.63) is 63.0 Å². The van der Waals surface area contributed by atoms with E-state index in [1.54, 1.807) is 0 Å². The van der Waals surface area contributed by atoms with Gasteiger partial charge in [0.15, 0.2) is 10.9 Å². The van der Waals surface area contributed by atoms with Crippen molar-refractivity contribution in [3.63, 3.8) is 0 Å². The average Bonchev–Trinajstić information content (AvgIpc) is 3.09. The van der Waals surface area contributed by atoms with E-state index in [0.29, 0.717) is 0 Å². The Morgan fingerprint density at radius 3 is 2.58 bits per heavy atom. The van der Waals surface area contributed by atoms with Gasteiger partial charge in [-0.15, -0.1) is 13.2 Å². The molecular formula is C19H13Cl2F3N4O4S. The van der Waals surface area contributed by atoms with E-state index >= 15 is 0 Å². The van der Waals surface area contributed by atoms with Crippen LogP contribution in [0.5, 0.6) is 11.5 Å². The molecule has 0 aliphatic carbocycles. The first kappa shape index (κ1) is 24.6. The molecule has 0 saturated heterocycles. The molecule has 0 atom stereocenters. The summed E-state index contributed by atoms with van der Waals surface area (Å²) >= 11 is 12.3. The summed E-state index contributed by atoms with van der Waals surface area (Å²) in [7, 11) is 0. The van der Waals surface area contributed by atoms with Gasteiger partial charge in [0.05, 0.1) is 16.3 Å². The number of ether oxygens (including phenoxy) is 1. The Labute approximate surface area is 198 Å². The van der Waals surface area contributed by atoms with E-state index in [0.717, 1.165) is 23.7 Å². The van der Waals surface area contributed by atoms with E-state index in [4.69, 9.17) is 23.2 Å². The Kier molecular flexibility index (Phi) is 7.30. The standard InChI is InChI=1S/C19H13Cl2F3N4O4S/c1-8-13(17(31)25-7-9-4-2-3-5-12(9)32-19(22,23)24)18(33-28-8)27-16(30)11-6-10(20)14(29)15(21)26-11/h2-6,29H,7H2,1H3,(H,25,31)(H,27,30). The number of carbonyl (C=O) groups excluding carboxylic acids is 2. The molecule has 2 amide bonds. The third-order valence-electron chi connectivity index (χ3n) is 4.09. The Morgan fingerprint density at radius 2 is 1.91 bits per heavy atom. The first-order valence-electron chi connectivity index (χ1n) is 8.90. The molecule has 0 fully saturated rings. The zero-order valence-electron chi connectivity index (χ0n) is 16.5. The molecule has 0 radical (unpaired) electrons. The maximum atomic E-state index is 12.7. The number of nitrogens with zero attached hydrogens (tertiary/aromatic N) is 2. The number of benzene rings is 1. The van der Waals surface area contributed by atoms with Crippen LogP contribution in [0.2, 0.25) is 10.2 Å². The van der Waals surface area contributed by atoms with Crippen molar-refractivity contribution in [2.24, 2.45) is 0 Å². The second kappa shape index (κ2) is 9.81. The van der Waals surface area contributed by atoms with Gasteiger partial charge in [0, 0.05) is 12.1 Å². The molecule has 0 unspecified atom stereocenters. The Morgan fingerprint density at radius 1 is 1.21 bits per heavy atom. The highest BCUT2D eigenvalue weighted by molar-refractivity contribution is 7.11. The molecular weight excluding hydrogens is 508 g/mol. The van der Waals surface area contributed by atoms with Crippen LogP contribution in [0, 0.1) is 6.92 Å². The van der Waals surface area contributed by atoms with E-state index in [2.05, 4.69) is 24.7 Å². The first-order chi connectivity index (χ1) is 15.5. The maximum Gasteiger partial charge on any atom is 0.573 e. The molecule has 0 saturated carbocycles. The summed E-state index contributed by atoms with van der Waals surface area (Å²) in [6, 6.07) is 6.44. The predicted molar refractivity (Wildman–Crippen MR) is 115 cm³/mol. The highest BCUT2D eigenvalue weighted by atomic mass is 35.5. The fourth-order valence-electron chi connectivity index (χ4n) is 2.62. The lowest BCUT2D eigenvalue weighted by molar-refractivity contribution is -0.274. The van der Waals surface area contributed by atoms with E-state index < -0.39 is 29.7 Å². The molecule has 0 spiro atoms. The molecule has 3 rings (SSSR count). The number of aryl methyl sites for hydroxylation is 1. The van der Waals surface area contributed by atoms with Crippen LogP contribution in [0.4, 0.5) is 18.2 Å². The van der Waals surface area contributed by atoms with Crippen LogP contribution in [0.15, 0.2) is 30.3 Å². The third-order valence-corrected chi connectivity index (χ3v) is 5.50. The van der Waals surface area contributed by atoms with Gasteiger partial charge in [-0.3, -0.25) is 9.59 Å². The van der Waals surface area contributed by atoms with Gasteiger partial charge < -0.3 is 20.5 Å². The largest absolute Gasteiger partial charge is 0.573 e. The number of halogens is 5. The summed E-state index contributed by atoms with van der Waals surface area (Å²) in [4.78, 5) is 29.0. The summed E-state index contributed by atoms with van der Waals surface area (Å²) in [6.45, 7) is 1.24. The Balaban J connectivity index is 1.76. The zero-order valence-corrected chi connectivity index (χ0v) is 18.8. The smallest absolute Gasteiger partial charge is 0.504 e.